The maximum Gasteiger partial charge on any atom is 0.167 e. The highest BCUT2D eigenvalue weighted by molar-refractivity contribution is 6.13. The van der Waals surface area contributed by atoms with Gasteiger partial charge in [0.2, 0.25) is 0 Å². The number of rotatable bonds is 0. The van der Waals surface area contributed by atoms with Gasteiger partial charge in [-0.15, -0.1) is 0 Å². The zero-order valence-corrected chi connectivity index (χ0v) is 11.8. The quantitative estimate of drug-likeness (QED) is 0.541. The summed E-state index contributed by atoms with van der Waals surface area (Å²) in [5.41, 5.74) is 4.90. The molecule has 4 atom stereocenters. The van der Waals surface area contributed by atoms with E-state index in [2.05, 4.69) is 18.2 Å². The van der Waals surface area contributed by atoms with Crippen molar-refractivity contribution in [1.82, 2.24) is 0 Å². The monoisotopic (exact) mass is 284 g/mol. The molecule has 0 spiro atoms. The first-order valence-electron chi connectivity index (χ1n) is 7.66. The van der Waals surface area contributed by atoms with E-state index in [9.17, 15) is 4.79 Å². The van der Waals surface area contributed by atoms with E-state index < -0.39 is 0 Å². The molecule has 0 N–H and O–H groups in total. The van der Waals surface area contributed by atoms with Crippen LogP contribution in [0.25, 0.3) is 5.57 Å². The Morgan fingerprint density at radius 1 is 1.00 bits per heavy atom. The maximum atomic E-state index is 12.3. The summed E-state index contributed by atoms with van der Waals surface area (Å²) in [5.74, 6) is 2.48. The minimum atomic E-state index is 0.0398. The molecule has 1 aromatic carbocycles. The zero-order chi connectivity index (χ0) is 15.0. The van der Waals surface area contributed by atoms with Gasteiger partial charge in [0.05, 0.1) is 0 Å². The molecule has 3 heteroatoms. The van der Waals surface area contributed by atoms with E-state index in [1.165, 1.54) is 17.5 Å². The molecule has 4 aliphatic carbocycles. The van der Waals surface area contributed by atoms with E-state index in [-0.39, 0.29) is 17.8 Å². The molecule has 3 nitrogen and oxygen atoms in total. The molecular formula is C19H12N2O. The minimum Gasteiger partial charge on any atom is -0.294 e. The summed E-state index contributed by atoms with van der Waals surface area (Å²) < 4.78 is 0. The molecule has 0 aliphatic heterocycles. The number of ketones is 1. The minimum absolute atomic E-state index is 0.0398. The van der Waals surface area contributed by atoms with E-state index in [0.29, 0.717) is 34.8 Å². The van der Waals surface area contributed by atoms with Gasteiger partial charge < -0.3 is 0 Å². The van der Waals surface area contributed by atoms with Gasteiger partial charge in [0.15, 0.2) is 5.78 Å². The fourth-order valence-electron chi connectivity index (χ4n) is 5.00. The fourth-order valence-corrected chi connectivity index (χ4v) is 5.00. The van der Waals surface area contributed by atoms with Gasteiger partial charge >= 0.3 is 0 Å². The number of nitrogens with zero attached hydrogens (tertiary/aromatic N) is 2. The van der Waals surface area contributed by atoms with Crippen LogP contribution in [-0.4, -0.2) is 5.78 Å². The van der Waals surface area contributed by atoms with Gasteiger partial charge in [-0.25, -0.2) is 0 Å². The van der Waals surface area contributed by atoms with Crippen molar-refractivity contribution >= 4 is 11.4 Å². The van der Waals surface area contributed by atoms with Gasteiger partial charge in [0.1, 0.15) is 17.7 Å². The lowest BCUT2D eigenvalue weighted by Gasteiger charge is -2.41. The number of hydrogen-bond donors (Lipinski definition) is 0. The fraction of sp³-hybridized carbons (Fsp3) is 0.316. The lowest BCUT2D eigenvalue weighted by Crippen LogP contribution is -2.28. The predicted octanol–water partition coefficient (Wildman–Crippen LogP) is 3.46. The van der Waals surface area contributed by atoms with Crippen LogP contribution >= 0.6 is 0 Å². The summed E-state index contributed by atoms with van der Waals surface area (Å²) >= 11 is 0. The number of carbonyl (C=O) groups is 1. The Bertz CT molecular complexity index is 891. The van der Waals surface area contributed by atoms with E-state index in [1.807, 2.05) is 18.2 Å². The second-order valence-corrected chi connectivity index (χ2v) is 6.70. The Kier molecular flexibility index (Phi) is 2.04. The molecule has 4 aliphatic rings. The topological polar surface area (TPSA) is 64.7 Å². The average Bonchev–Trinajstić information content (AvgIpc) is 3.17. The Hall–Kier alpha value is -2.65. The molecule has 1 saturated carbocycles. The van der Waals surface area contributed by atoms with Crippen LogP contribution < -0.4 is 0 Å². The van der Waals surface area contributed by atoms with Crippen LogP contribution in [0.15, 0.2) is 29.9 Å². The van der Waals surface area contributed by atoms with Gasteiger partial charge in [0, 0.05) is 12.0 Å². The number of benzene rings is 1. The van der Waals surface area contributed by atoms with Crippen molar-refractivity contribution in [2.45, 2.75) is 24.7 Å². The molecule has 4 unspecified atom stereocenters. The highest BCUT2D eigenvalue weighted by atomic mass is 16.1. The summed E-state index contributed by atoms with van der Waals surface area (Å²) in [6.45, 7) is 0. The second-order valence-electron chi connectivity index (χ2n) is 6.70. The molecule has 104 valence electrons. The number of Topliss-reactive ketones (excluding diaryl/α,β-unsaturated/α-hetero) is 1. The van der Waals surface area contributed by atoms with Crippen LogP contribution in [0.5, 0.6) is 0 Å². The molecule has 0 radical (unpaired) electrons. The van der Waals surface area contributed by atoms with Crippen molar-refractivity contribution in [2.75, 3.05) is 0 Å². The first-order valence-corrected chi connectivity index (χ1v) is 7.66. The molecule has 0 amide bonds. The van der Waals surface area contributed by atoms with Crippen LogP contribution in [0.3, 0.4) is 0 Å². The van der Waals surface area contributed by atoms with Gasteiger partial charge in [-0.1, -0.05) is 18.2 Å². The van der Waals surface area contributed by atoms with Crippen molar-refractivity contribution in [2.24, 2.45) is 11.8 Å². The van der Waals surface area contributed by atoms with Crippen LogP contribution in [0.2, 0.25) is 0 Å². The molecule has 1 aromatic rings. The summed E-state index contributed by atoms with van der Waals surface area (Å²) in [5, 5.41) is 18.2. The Balaban J connectivity index is 1.72. The Morgan fingerprint density at radius 2 is 1.59 bits per heavy atom. The Morgan fingerprint density at radius 3 is 2.18 bits per heavy atom. The standard InChI is InChI=1S/C19H12N2O/c20-7-11(8-21)12-6-17(22)14-5-16-15(4-13(12)14)18-9-1-2-10(3-9)19(16)18/h1-2,4-5,9-10,18-19H,3,6H2. The maximum absolute atomic E-state index is 12.3. The smallest absolute Gasteiger partial charge is 0.167 e. The average molecular weight is 284 g/mol. The first kappa shape index (κ1) is 12.0. The summed E-state index contributed by atoms with van der Waals surface area (Å²) in [4.78, 5) is 12.3. The highest BCUT2D eigenvalue weighted by Gasteiger charge is 2.53. The largest absolute Gasteiger partial charge is 0.294 e. The van der Waals surface area contributed by atoms with Gasteiger partial charge in [-0.05, 0) is 58.4 Å². The highest BCUT2D eigenvalue weighted by Crippen LogP contribution is 2.66. The third kappa shape index (κ3) is 1.19. The first-order chi connectivity index (χ1) is 10.7. The van der Waals surface area contributed by atoms with Crippen LogP contribution in [0.4, 0.5) is 0 Å². The molecule has 0 heterocycles. The molecule has 0 saturated heterocycles. The van der Waals surface area contributed by atoms with Crippen molar-refractivity contribution < 1.29 is 4.79 Å². The lowest BCUT2D eigenvalue weighted by atomic mass is 9.62. The van der Waals surface area contributed by atoms with Crippen molar-refractivity contribution in [3.05, 3.63) is 52.1 Å². The second kappa shape index (κ2) is 3.76. The van der Waals surface area contributed by atoms with Gasteiger partial charge in [-0.2, -0.15) is 10.5 Å². The van der Waals surface area contributed by atoms with E-state index in [0.717, 1.165) is 5.56 Å². The van der Waals surface area contributed by atoms with Gasteiger partial charge in [0.25, 0.3) is 0 Å². The van der Waals surface area contributed by atoms with Crippen molar-refractivity contribution in [1.29, 1.82) is 10.5 Å². The molecule has 0 aromatic heterocycles. The lowest BCUT2D eigenvalue weighted by molar-refractivity contribution is 0.100. The number of fused-ring (bicyclic) bond motifs is 9. The zero-order valence-electron chi connectivity index (χ0n) is 11.8. The number of allylic oxidation sites excluding steroid dienone is 4. The number of hydrogen-bond acceptors (Lipinski definition) is 3. The molecule has 1 fully saturated rings. The summed E-state index contributed by atoms with van der Waals surface area (Å²) in [7, 11) is 0. The summed E-state index contributed by atoms with van der Waals surface area (Å²) in [6.07, 6.45) is 6.08. The van der Waals surface area contributed by atoms with Crippen LogP contribution in [0.1, 0.15) is 51.7 Å². The molecule has 5 rings (SSSR count). The van der Waals surface area contributed by atoms with E-state index >= 15 is 0 Å². The van der Waals surface area contributed by atoms with Crippen molar-refractivity contribution in [3.63, 3.8) is 0 Å². The van der Waals surface area contributed by atoms with E-state index in [1.54, 1.807) is 0 Å². The Labute approximate surface area is 128 Å². The molecule has 22 heavy (non-hydrogen) atoms. The van der Waals surface area contributed by atoms with Crippen LogP contribution in [-0.2, 0) is 0 Å². The third-order valence-electron chi connectivity index (χ3n) is 5.89. The van der Waals surface area contributed by atoms with Gasteiger partial charge in [-0.3, -0.25) is 4.79 Å². The normalized spacial score (nSPS) is 31.9. The number of carbonyl (C=O) groups excluding carboxylic acids is 1. The molecule has 2 bridgehead atoms. The van der Waals surface area contributed by atoms with Crippen molar-refractivity contribution in [3.8, 4) is 12.1 Å². The van der Waals surface area contributed by atoms with Crippen LogP contribution in [0, 0.1) is 34.5 Å². The number of nitriles is 2. The van der Waals surface area contributed by atoms with E-state index in [4.69, 9.17) is 10.5 Å². The molecular weight excluding hydrogens is 272 g/mol. The predicted molar refractivity (Wildman–Crippen MR) is 79.8 cm³/mol. The third-order valence-corrected chi connectivity index (χ3v) is 5.89. The summed E-state index contributed by atoms with van der Waals surface area (Å²) in [6, 6.07) is 8.01. The SMILES string of the molecule is N#CC(C#N)=C1CC(=O)c2cc3c(cc21)C1C2C=CC(C2)C31.